The lowest BCUT2D eigenvalue weighted by Gasteiger charge is -1.86. The van der Waals surface area contributed by atoms with Gasteiger partial charge >= 0.3 is 0 Å². The molecule has 1 heterocycles. The molecule has 0 radical (unpaired) electrons. The fourth-order valence-corrected chi connectivity index (χ4v) is 1.56. The molecule has 3 heteroatoms. The summed E-state index contributed by atoms with van der Waals surface area (Å²) in [7, 11) is 0. The molecule has 0 N–H and O–H groups in total. The van der Waals surface area contributed by atoms with Crippen molar-refractivity contribution in [3.8, 4) is 0 Å². The second kappa shape index (κ2) is 8.21. The molecule has 1 aliphatic carbocycles. The summed E-state index contributed by atoms with van der Waals surface area (Å²) in [5.41, 5.74) is 0. The summed E-state index contributed by atoms with van der Waals surface area (Å²) in [6, 6.07) is -0.685. The fraction of sp³-hybridized carbons (Fsp3) is 0.583. The molecule has 2 aliphatic rings. The Hall–Kier alpha value is -1.12. The van der Waals surface area contributed by atoms with Crippen molar-refractivity contribution in [2.24, 2.45) is 4.99 Å². The lowest BCUT2D eigenvalue weighted by atomic mass is 10.2. The third kappa shape index (κ3) is 6.89. The van der Waals surface area contributed by atoms with Gasteiger partial charge in [-0.05, 0) is 6.08 Å². The SMILES string of the molecule is C1CCCCCC1.FC1=CN=CC=CO1. The molecular weight excluding hydrogens is 193 g/mol. The molecule has 0 atom stereocenters. The van der Waals surface area contributed by atoms with Crippen LogP contribution in [0, 0.1) is 0 Å². The Balaban J connectivity index is 0.000000151. The summed E-state index contributed by atoms with van der Waals surface area (Å²) in [6.45, 7) is 0. The van der Waals surface area contributed by atoms with Crippen LogP contribution in [0.3, 0.4) is 0 Å². The number of nitrogens with zero attached hydrogens (tertiary/aromatic N) is 1. The summed E-state index contributed by atoms with van der Waals surface area (Å²) >= 11 is 0. The van der Waals surface area contributed by atoms with E-state index in [0.717, 1.165) is 6.20 Å². The van der Waals surface area contributed by atoms with Crippen LogP contribution in [0.5, 0.6) is 0 Å². The molecule has 0 spiro atoms. The van der Waals surface area contributed by atoms with Crippen LogP contribution < -0.4 is 0 Å². The summed E-state index contributed by atoms with van der Waals surface area (Å²) in [5.74, 6) is 0. The van der Waals surface area contributed by atoms with Gasteiger partial charge in [0, 0.05) is 6.21 Å². The van der Waals surface area contributed by atoms with Gasteiger partial charge in [-0.25, -0.2) is 0 Å². The number of allylic oxidation sites excluding steroid dienone is 1. The standard InChI is InChI=1S/C7H14.C5H4FNO/c1-2-4-6-7-5-3-1;6-5-4-7-2-1-3-8-5/h1-7H2;1-4H. The van der Waals surface area contributed by atoms with E-state index in [1.165, 1.54) is 63.5 Å². The summed E-state index contributed by atoms with van der Waals surface area (Å²) < 4.78 is 16.2. The van der Waals surface area contributed by atoms with E-state index >= 15 is 0 Å². The van der Waals surface area contributed by atoms with Crippen molar-refractivity contribution in [3.63, 3.8) is 0 Å². The van der Waals surface area contributed by atoms with Gasteiger partial charge in [0.1, 0.15) is 0 Å². The van der Waals surface area contributed by atoms with E-state index in [2.05, 4.69) is 9.73 Å². The van der Waals surface area contributed by atoms with E-state index in [0.29, 0.717) is 0 Å². The van der Waals surface area contributed by atoms with Gasteiger partial charge in [0.05, 0.1) is 12.5 Å². The normalized spacial score (nSPS) is 20.2. The number of ether oxygens (including phenoxy) is 1. The molecule has 0 bridgehead atoms. The number of rotatable bonds is 0. The van der Waals surface area contributed by atoms with E-state index in [9.17, 15) is 4.39 Å². The zero-order chi connectivity index (χ0) is 10.8. The van der Waals surface area contributed by atoms with Crippen molar-refractivity contribution in [2.45, 2.75) is 44.9 Å². The zero-order valence-corrected chi connectivity index (χ0v) is 8.99. The van der Waals surface area contributed by atoms with E-state index in [-0.39, 0.29) is 0 Å². The number of hydrogen-bond donors (Lipinski definition) is 0. The minimum Gasteiger partial charge on any atom is -0.438 e. The highest BCUT2D eigenvalue weighted by atomic mass is 19.1. The van der Waals surface area contributed by atoms with Gasteiger partial charge in [-0.15, -0.1) is 0 Å². The minimum absolute atomic E-state index is 0.685. The van der Waals surface area contributed by atoms with Crippen LogP contribution in [0.4, 0.5) is 4.39 Å². The molecule has 15 heavy (non-hydrogen) atoms. The first-order valence-corrected chi connectivity index (χ1v) is 5.60. The zero-order valence-electron chi connectivity index (χ0n) is 8.99. The largest absolute Gasteiger partial charge is 0.438 e. The fourth-order valence-electron chi connectivity index (χ4n) is 1.56. The summed E-state index contributed by atoms with van der Waals surface area (Å²) in [6.07, 6.45) is 15.7. The first kappa shape index (κ1) is 12.0. The molecule has 0 saturated heterocycles. The van der Waals surface area contributed by atoms with Crippen molar-refractivity contribution in [1.29, 1.82) is 0 Å². The predicted molar refractivity (Wildman–Crippen MR) is 60.2 cm³/mol. The third-order valence-electron chi connectivity index (χ3n) is 2.36. The minimum atomic E-state index is -0.685. The molecule has 0 unspecified atom stereocenters. The van der Waals surface area contributed by atoms with Crippen LogP contribution in [-0.2, 0) is 4.74 Å². The van der Waals surface area contributed by atoms with Gasteiger partial charge in [0.25, 0.3) is 6.01 Å². The van der Waals surface area contributed by atoms with Gasteiger partial charge in [-0.3, -0.25) is 4.99 Å². The van der Waals surface area contributed by atoms with Crippen LogP contribution in [-0.4, -0.2) is 6.21 Å². The number of aliphatic imine (C=N–C) groups is 1. The van der Waals surface area contributed by atoms with Gasteiger partial charge < -0.3 is 4.74 Å². The molecule has 0 aromatic rings. The van der Waals surface area contributed by atoms with E-state index in [4.69, 9.17) is 0 Å². The van der Waals surface area contributed by atoms with Crippen molar-refractivity contribution in [1.82, 2.24) is 0 Å². The van der Waals surface area contributed by atoms with Crippen molar-refractivity contribution < 1.29 is 9.13 Å². The average molecular weight is 211 g/mol. The highest BCUT2D eigenvalue weighted by Crippen LogP contribution is 2.15. The maximum Gasteiger partial charge on any atom is 0.296 e. The van der Waals surface area contributed by atoms with Crippen LogP contribution in [0.1, 0.15) is 44.9 Å². The lowest BCUT2D eigenvalue weighted by molar-refractivity contribution is 0.246. The number of hydrogen-bond acceptors (Lipinski definition) is 2. The smallest absolute Gasteiger partial charge is 0.296 e. The molecule has 1 saturated carbocycles. The highest BCUT2D eigenvalue weighted by molar-refractivity contribution is 5.71. The van der Waals surface area contributed by atoms with Gasteiger partial charge in [0.15, 0.2) is 0 Å². The molecule has 1 fully saturated rings. The molecular formula is C12H18FNO. The Morgan fingerprint density at radius 3 is 2.07 bits per heavy atom. The molecule has 2 nitrogen and oxygen atoms in total. The second-order valence-corrected chi connectivity index (χ2v) is 3.65. The molecule has 2 rings (SSSR count). The maximum atomic E-state index is 11.9. The lowest BCUT2D eigenvalue weighted by Crippen LogP contribution is -1.70. The van der Waals surface area contributed by atoms with Crippen LogP contribution in [0.15, 0.2) is 29.5 Å². The van der Waals surface area contributed by atoms with Gasteiger partial charge in [0.2, 0.25) is 0 Å². The molecule has 0 aromatic carbocycles. The first-order valence-electron chi connectivity index (χ1n) is 5.60. The maximum absolute atomic E-state index is 11.9. The van der Waals surface area contributed by atoms with Crippen molar-refractivity contribution in [3.05, 3.63) is 24.6 Å². The quantitative estimate of drug-likeness (QED) is 0.553. The molecule has 84 valence electrons. The molecule has 0 aromatic heterocycles. The molecule has 0 amide bonds. The van der Waals surface area contributed by atoms with Crippen LogP contribution >= 0.6 is 0 Å². The Bertz CT molecular complexity index is 226. The Kier molecular flexibility index (Phi) is 6.54. The van der Waals surface area contributed by atoms with E-state index in [1.54, 1.807) is 0 Å². The highest BCUT2D eigenvalue weighted by Gasteiger charge is 1.95. The predicted octanol–water partition coefficient (Wildman–Crippen LogP) is 4.10. The van der Waals surface area contributed by atoms with E-state index < -0.39 is 6.01 Å². The van der Waals surface area contributed by atoms with Crippen LogP contribution in [0.25, 0.3) is 0 Å². The summed E-state index contributed by atoms with van der Waals surface area (Å²) in [4.78, 5) is 3.48. The first-order chi connectivity index (χ1) is 7.39. The van der Waals surface area contributed by atoms with Crippen molar-refractivity contribution >= 4 is 6.21 Å². The monoisotopic (exact) mass is 211 g/mol. The third-order valence-corrected chi connectivity index (χ3v) is 2.36. The topological polar surface area (TPSA) is 21.6 Å². The number of halogens is 1. The molecule has 1 aliphatic heterocycles. The Labute approximate surface area is 90.5 Å². The Morgan fingerprint density at radius 2 is 1.53 bits per heavy atom. The average Bonchev–Trinajstić information content (AvgIpc) is 2.64. The second-order valence-electron chi connectivity index (χ2n) is 3.65. The summed E-state index contributed by atoms with van der Waals surface area (Å²) in [5, 5.41) is 0. The van der Waals surface area contributed by atoms with E-state index in [1.807, 2.05) is 0 Å². The van der Waals surface area contributed by atoms with Gasteiger partial charge in [-0.1, -0.05) is 44.9 Å². The Morgan fingerprint density at radius 1 is 1.00 bits per heavy atom. The van der Waals surface area contributed by atoms with Gasteiger partial charge in [-0.2, -0.15) is 4.39 Å². The van der Waals surface area contributed by atoms with Crippen molar-refractivity contribution in [2.75, 3.05) is 0 Å². The van der Waals surface area contributed by atoms with Crippen LogP contribution in [0.2, 0.25) is 0 Å².